The van der Waals surface area contributed by atoms with Crippen molar-refractivity contribution in [2.45, 2.75) is 18.2 Å². The quantitative estimate of drug-likeness (QED) is 0.542. The van der Waals surface area contributed by atoms with Crippen molar-refractivity contribution in [1.82, 2.24) is 24.2 Å². The van der Waals surface area contributed by atoms with E-state index in [2.05, 4.69) is 25.0 Å². The van der Waals surface area contributed by atoms with Crippen molar-refractivity contribution in [3.8, 4) is 17.3 Å². The number of rotatable bonds is 7. The number of sulfonamides is 1. The first-order chi connectivity index (χ1) is 14.5. The fraction of sp³-hybridized carbons (Fsp3) is 0.316. The highest BCUT2D eigenvalue weighted by Gasteiger charge is 2.18. The van der Waals surface area contributed by atoms with E-state index in [9.17, 15) is 8.42 Å². The van der Waals surface area contributed by atoms with Gasteiger partial charge in [0.15, 0.2) is 11.5 Å². The number of imidazole rings is 1. The molecular weight excluding hydrogens is 408 g/mol. The maximum atomic E-state index is 12.6. The van der Waals surface area contributed by atoms with E-state index in [1.54, 1.807) is 18.3 Å². The van der Waals surface area contributed by atoms with Gasteiger partial charge in [-0.25, -0.2) is 28.1 Å². The first kappa shape index (κ1) is 20.1. The number of benzene rings is 1. The zero-order valence-electron chi connectivity index (χ0n) is 16.4. The summed E-state index contributed by atoms with van der Waals surface area (Å²) in [6.07, 6.45) is 5.70. The van der Waals surface area contributed by atoms with Gasteiger partial charge in [0.2, 0.25) is 10.0 Å². The molecule has 0 atom stereocenters. The van der Waals surface area contributed by atoms with Crippen LogP contribution in [0.1, 0.15) is 12.2 Å². The molecule has 0 saturated carbocycles. The summed E-state index contributed by atoms with van der Waals surface area (Å²) in [6.45, 7) is 3.45. The van der Waals surface area contributed by atoms with E-state index in [0.29, 0.717) is 42.9 Å². The number of hydrogen-bond acceptors (Lipinski definition) is 8. The van der Waals surface area contributed by atoms with Gasteiger partial charge in [-0.3, -0.25) is 4.57 Å². The Bertz CT molecular complexity index is 1130. The zero-order chi connectivity index (χ0) is 21.0. The Hall–Kier alpha value is -3.18. The van der Waals surface area contributed by atoms with Gasteiger partial charge in [-0.2, -0.15) is 0 Å². The minimum absolute atomic E-state index is 0.131. The number of hydrogen-bond donors (Lipinski definition) is 2. The predicted molar refractivity (Wildman–Crippen MR) is 110 cm³/mol. The van der Waals surface area contributed by atoms with E-state index in [1.165, 1.54) is 18.5 Å². The van der Waals surface area contributed by atoms with Crippen LogP contribution in [0.15, 0.2) is 47.9 Å². The molecule has 0 saturated heterocycles. The second-order valence-electron chi connectivity index (χ2n) is 6.59. The normalized spacial score (nSPS) is 13.6. The van der Waals surface area contributed by atoms with E-state index in [1.807, 2.05) is 17.7 Å². The molecule has 0 unspecified atom stereocenters. The lowest BCUT2D eigenvalue weighted by molar-refractivity contribution is 0.297. The average Bonchev–Trinajstić information content (AvgIpc) is 3.03. The van der Waals surface area contributed by atoms with Crippen LogP contribution in [0.3, 0.4) is 0 Å². The van der Waals surface area contributed by atoms with Gasteiger partial charge in [0.1, 0.15) is 23.8 Å². The Morgan fingerprint density at radius 1 is 1.07 bits per heavy atom. The number of aryl methyl sites for hydroxylation is 1. The molecule has 0 spiro atoms. The Labute approximate surface area is 174 Å². The van der Waals surface area contributed by atoms with Gasteiger partial charge < -0.3 is 14.8 Å². The lowest BCUT2D eigenvalue weighted by Gasteiger charge is -2.11. The number of anilines is 1. The third-order valence-corrected chi connectivity index (χ3v) is 5.94. The predicted octanol–water partition coefficient (Wildman–Crippen LogP) is 1.52. The Kier molecular flexibility index (Phi) is 5.81. The minimum atomic E-state index is -3.68. The van der Waals surface area contributed by atoms with Crippen LogP contribution in [0.5, 0.6) is 11.5 Å². The van der Waals surface area contributed by atoms with Crippen molar-refractivity contribution in [1.29, 1.82) is 0 Å². The summed E-state index contributed by atoms with van der Waals surface area (Å²) in [5.41, 5.74) is 0. The van der Waals surface area contributed by atoms with E-state index in [4.69, 9.17) is 9.47 Å². The van der Waals surface area contributed by atoms with Gasteiger partial charge >= 0.3 is 0 Å². The second-order valence-corrected chi connectivity index (χ2v) is 8.36. The summed E-state index contributed by atoms with van der Waals surface area (Å²) < 4.78 is 40.7. The van der Waals surface area contributed by atoms with Crippen LogP contribution < -0.4 is 19.5 Å². The smallest absolute Gasteiger partial charge is 0.240 e. The maximum Gasteiger partial charge on any atom is 0.240 e. The monoisotopic (exact) mass is 430 g/mol. The summed E-state index contributed by atoms with van der Waals surface area (Å²) >= 11 is 0. The Morgan fingerprint density at radius 2 is 1.90 bits per heavy atom. The standard InChI is InChI=1S/C19H22N6O4S/c1-14-20-7-8-25(14)19-12-18(22-13-23-19)21-5-6-24-30(26,27)15-3-4-16-17(11-15)29-10-2-9-28-16/h3-4,7-8,11-13,24H,2,5-6,9-10H2,1H3,(H,21,22,23). The van der Waals surface area contributed by atoms with E-state index >= 15 is 0 Å². The fourth-order valence-electron chi connectivity index (χ4n) is 2.97. The van der Waals surface area contributed by atoms with Crippen LogP contribution in [0, 0.1) is 6.92 Å². The third kappa shape index (κ3) is 4.52. The summed E-state index contributed by atoms with van der Waals surface area (Å²) in [4.78, 5) is 12.7. The van der Waals surface area contributed by atoms with Gasteiger partial charge in [0, 0.05) is 44.0 Å². The minimum Gasteiger partial charge on any atom is -0.490 e. The molecule has 2 aromatic heterocycles. The van der Waals surface area contributed by atoms with Crippen LogP contribution in [0.4, 0.5) is 5.82 Å². The van der Waals surface area contributed by atoms with Crippen molar-refractivity contribution in [3.05, 3.63) is 48.8 Å². The summed E-state index contributed by atoms with van der Waals surface area (Å²) in [7, 11) is -3.68. The van der Waals surface area contributed by atoms with Gasteiger partial charge in [-0.05, 0) is 19.1 Å². The van der Waals surface area contributed by atoms with E-state index in [-0.39, 0.29) is 11.4 Å². The highest BCUT2D eigenvalue weighted by Crippen LogP contribution is 2.31. The van der Waals surface area contributed by atoms with Crippen molar-refractivity contribution in [2.24, 2.45) is 0 Å². The molecule has 0 bridgehead atoms. The van der Waals surface area contributed by atoms with Crippen LogP contribution in [0.25, 0.3) is 5.82 Å². The van der Waals surface area contributed by atoms with Crippen molar-refractivity contribution in [3.63, 3.8) is 0 Å². The topological polar surface area (TPSA) is 120 Å². The Morgan fingerprint density at radius 3 is 2.70 bits per heavy atom. The number of nitrogens with zero attached hydrogens (tertiary/aromatic N) is 4. The second kappa shape index (κ2) is 8.67. The summed E-state index contributed by atoms with van der Waals surface area (Å²) in [6, 6.07) is 6.38. The average molecular weight is 430 g/mol. The summed E-state index contributed by atoms with van der Waals surface area (Å²) in [5.74, 6) is 3.07. The molecule has 0 fully saturated rings. The molecule has 0 radical (unpaired) electrons. The number of ether oxygens (including phenoxy) is 2. The maximum absolute atomic E-state index is 12.6. The zero-order valence-corrected chi connectivity index (χ0v) is 17.2. The van der Waals surface area contributed by atoms with Gasteiger partial charge in [-0.1, -0.05) is 0 Å². The molecule has 10 nitrogen and oxygen atoms in total. The van der Waals surface area contributed by atoms with Crippen LogP contribution in [0.2, 0.25) is 0 Å². The highest BCUT2D eigenvalue weighted by atomic mass is 32.2. The van der Waals surface area contributed by atoms with Crippen molar-refractivity contribution in [2.75, 3.05) is 31.6 Å². The molecule has 0 aliphatic carbocycles. The molecule has 11 heteroatoms. The van der Waals surface area contributed by atoms with Crippen LogP contribution in [-0.2, 0) is 10.0 Å². The first-order valence-corrected chi connectivity index (χ1v) is 11.0. The Balaban J connectivity index is 1.35. The SMILES string of the molecule is Cc1nccn1-c1cc(NCCNS(=O)(=O)c2ccc3c(c2)OCCCO3)ncn1. The molecule has 0 amide bonds. The largest absolute Gasteiger partial charge is 0.490 e. The number of nitrogens with one attached hydrogen (secondary N) is 2. The number of fused-ring (bicyclic) bond motifs is 1. The molecule has 30 heavy (non-hydrogen) atoms. The molecule has 3 aromatic rings. The number of aromatic nitrogens is 4. The molecule has 2 N–H and O–H groups in total. The van der Waals surface area contributed by atoms with E-state index in [0.717, 1.165) is 12.2 Å². The molecule has 158 valence electrons. The molecule has 4 rings (SSSR count). The third-order valence-electron chi connectivity index (χ3n) is 4.48. The van der Waals surface area contributed by atoms with E-state index < -0.39 is 10.0 Å². The van der Waals surface area contributed by atoms with Crippen molar-refractivity contribution < 1.29 is 17.9 Å². The highest BCUT2D eigenvalue weighted by molar-refractivity contribution is 7.89. The lowest BCUT2D eigenvalue weighted by atomic mass is 10.3. The van der Waals surface area contributed by atoms with Gasteiger partial charge in [-0.15, -0.1) is 0 Å². The van der Waals surface area contributed by atoms with Crippen LogP contribution >= 0.6 is 0 Å². The first-order valence-electron chi connectivity index (χ1n) is 9.48. The van der Waals surface area contributed by atoms with Crippen molar-refractivity contribution >= 4 is 15.8 Å². The molecular formula is C19H22N6O4S. The molecule has 3 heterocycles. The fourth-order valence-corrected chi connectivity index (χ4v) is 4.01. The lowest BCUT2D eigenvalue weighted by Crippen LogP contribution is -2.29. The van der Waals surface area contributed by atoms with Gasteiger partial charge in [0.05, 0.1) is 18.1 Å². The van der Waals surface area contributed by atoms with Crippen LogP contribution in [-0.4, -0.2) is 54.2 Å². The molecule has 1 aliphatic rings. The molecule has 1 aliphatic heterocycles. The summed E-state index contributed by atoms with van der Waals surface area (Å²) in [5, 5.41) is 3.09. The van der Waals surface area contributed by atoms with Gasteiger partial charge in [0.25, 0.3) is 0 Å². The molecule has 1 aromatic carbocycles.